The first-order valence-corrected chi connectivity index (χ1v) is 3.09. The summed E-state index contributed by atoms with van der Waals surface area (Å²) in [7, 11) is 0. The Hall–Kier alpha value is -0.860. The van der Waals surface area contributed by atoms with Gasteiger partial charge in [0.1, 0.15) is 0 Å². The van der Waals surface area contributed by atoms with Gasteiger partial charge < -0.3 is 5.11 Å². The van der Waals surface area contributed by atoms with Gasteiger partial charge in [0.05, 0.1) is 0 Å². The molecule has 0 heterocycles. The van der Waals surface area contributed by atoms with E-state index in [1.807, 2.05) is 0 Å². The van der Waals surface area contributed by atoms with Gasteiger partial charge >= 0.3 is 5.97 Å². The third-order valence-electron chi connectivity index (χ3n) is 1.19. The SMILES string of the molecule is C/C=C/C(C)C(F)C(=O)O. The summed E-state index contributed by atoms with van der Waals surface area (Å²) in [5, 5.41) is 8.17. The fraction of sp³-hybridized carbons (Fsp3) is 0.571. The van der Waals surface area contributed by atoms with E-state index >= 15 is 0 Å². The average Bonchev–Trinajstić information content (AvgIpc) is 1.87. The van der Waals surface area contributed by atoms with Gasteiger partial charge in [-0.2, -0.15) is 0 Å². The van der Waals surface area contributed by atoms with Crippen LogP contribution in [-0.4, -0.2) is 17.2 Å². The molecule has 2 atom stereocenters. The van der Waals surface area contributed by atoms with Gasteiger partial charge in [-0.1, -0.05) is 19.1 Å². The van der Waals surface area contributed by atoms with E-state index in [-0.39, 0.29) is 0 Å². The molecule has 58 valence electrons. The molecule has 2 nitrogen and oxygen atoms in total. The quantitative estimate of drug-likeness (QED) is 0.614. The van der Waals surface area contributed by atoms with Crippen molar-refractivity contribution < 1.29 is 14.3 Å². The number of carbonyl (C=O) groups is 1. The Morgan fingerprint density at radius 3 is 2.50 bits per heavy atom. The minimum absolute atomic E-state index is 0.539. The van der Waals surface area contributed by atoms with Gasteiger partial charge in [0.15, 0.2) is 0 Å². The highest BCUT2D eigenvalue weighted by molar-refractivity contribution is 5.72. The third-order valence-corrected chi connectivity index (χ3v) is 1.19. The summed E-state index contributed by atoms with van der Waals surface area (Å²) in [4.78, 5) is 10.0. The maximum absolute atomic E-state index is 12.5. The molecule has 0 saturated heterocycles. The number of hydrogen-bond acceptors (Lipinski definition) is 1. The molecule has 0 rings (SSSR count). The second-order valence-electron chi connectivity index (χ2n) is 2.12. The van der Waals surface area contributed by atoms with Crippen molar-refractivity contribution in [3.05, 3.63) is 12.2 Å². The number of alkyl halides is 1. The predicted octanol–water partition coefficient (Wildman–Crippen LogP) is 1.62. The van der Waals surface area contributed by atoms with Crippen LogP contribution in [0.1, 0.15) is 13.8 Å². The summed E-state index contributed by atoms with van der Waals surface area (Å²) in [5.74, 6) is -1.94. The van der Waals surface area contributed by atoms with Crippen LogP contribution < -0.4 is 0 Å². The number of hydrogen-bond donors (Lipinski definition) is 1. The van der Waals surface area contributed by atoms with E-state index in [0.29, 0.717) is 0 Å². The molecule has 2 unspecified atom stereocenters. The zero-order chi connectivity index (χ0) is 8.15. The molecule has 1 N–H and O–H groups in total. The summed E-state index contributed by atoms with van der Waals surface area (Å²) < 4.78 is 12.5. The summed E-state index contributed by atoms with van der Waals surface area (Å²) in [6.45, 7) is 3.25. The number of aliphatic carboxylic acids is 1. The first-order chi connectivity index (χ1) is 4.59. The zero-order valence-corrected chi connectivity index (χ0v) is 6.04. The lowest BCUT2D eigenvalue weighted by Gasteiger charge is -2.06. The number of carboxylic acids is 1. The minimum atomic E-state index is -1.78. The maximum atomic E-state index is 12.5. The smallest absolute Gasteiger partial charge is 0.338 e. The van der Waals surface area contributed by atoms with Crippen molar-refractivity contribution in [1.82, 2.24) is 0 Å². The molecule has 3 heteroatoms. The van der Waals surface area contributed by atoms with Gasteiger partial charge in [0.25, 0.3) is 0 Å². The van der Waals surface area contributed by atoms with Crippen LogP contribution in [-0.2, 0) is 4.79 Å². The van der Waals surface area contributed by atoms with Crippen molar-refractivity contribution >= 4 is 5.97 Å². The Balaban J connectivity index is 3.93. The van der Waals surface area contributed by atoms with Gasteiger partial charge in [0.2, 0.25) is 6.17 Å². The second kappa shape index (κ2) is 4.04. The van der Waals surface area contributed by atoms with Crippen molar-refractivity contribution in [2.45, 2.75) is 20.0 Å². The molecule has 0 aliphatic rings. The number of allylic oxidation sites excluding steroid dienone is 2. The Bertz CT molecular complexity index is 143. The molecule has 10 heavy (non-hydrogen) atoms. The molecule has 0 aliphatic carbocycles. The Morgan fingerprint density at radius 2 is 2.20 bits per heavy atom. The van der Waals surface area contributed by atoms with Crippen molar-refractivity contribution in [1.29, 1.82) is 0 Å². The third kappa shape index (κ3) is 2.62. The first-order valence-electron chi connectivity index (χ1n) is 3.09. The van der Waals surface area contributed by atoms with E-state index in [4.69, 9.17) is 5.11 Å². The van der Waals surface area contributed by atoms with Crippen molar-refractivity contribution in [3.8, 4) is 0 Å². The average molecular weight is 146 g/mol. The molecule has 0 fully saturated rings. The van der Waals surface area contributed by atoms with Gasteiger partial charge in [-0.15, -0.1) is 0 Å². The highest BCUT2D eigenvalue weighted by atomic mass is 19.1. The standard InChI is InChI=1S/C7H11FO2/c1-3-4-5(2)6(8)7(9)10/h3-6H,1-2H3,(H,9,10)/b4-3+. The summed E-state index contributed by atoms with van der Waals surface area (Å²) >= 11 is 0. The Morgan fingerprint density at radius 1 is 1.70 bits per heavy atom. The summed E-state index contributed by atoms with van der Waals surface area (Å²) in [6.07, 6.45) is 1.38. The van der Waals surface area contributed by atoms with Gasteiger partial charge in [0, 0.05) is 5.92 Å². The molecular weight excluding hydrogens is 135 g/mol. The molecule has 0 aromatic rings. The van der Waals surface area contributed by atoms with E-state index in [2.05, 4.69) is 0 Å². The van der Waals surface area contributed by atoms with Crippen LogP contribution in [0.2, 0.25) is 0 Å². The Labute approximate surface area is 59.4 Å². The van der Waals surface area contributed by atoms with Crippen molar-refractivity contribution in [2.75, 3.05) is 0 Å². The highest BCUT2D eigenvalue weighted by Crippen LogP contribution is 2.08. The second-order valence-corrected chi connectivity index (χ2v) is 2.12. The van der Waals surface area contributed by atoms with Crippen LogP contribution in [0.4, 0.5) is 4.39 Å². The molecule has 0 radical (unpaired) electrons. The largest absolute Gasteiger partial charge is 0.479 e. The number of rotatable bonds is 3. The van der Waals surface area contributed by atoms with Crippen molar-refractivity contribution in [3.63, 3.8) is 0 Å². The fourth-order valence-corrected chi connectivity index (χ4v) is 0.626. The first kappa shape index (κ1) is 9.14. The van der Waals surface area contributed by atoms with E-state index in [1.54, 1.807) is 13.0 Å². The lowest BCUT2D eigenvalue weighted by atomic mass is 10.1. The summed E-state index contributed by atoms with van der Waals surface area (Å²) in [5.41, 5.74) is 0. The van der Waals surface area contributed by atoms with E-state index in [9.17, 15) is 9.18 Å². The van der Waals surface area contributed by atoms with Gasteiger partial charge in [-0.05, 0) is 6.92 Å². The van der Waals surface area contributed by atoms with Crippen LogP contribution in [0, 0.1) is 5.92 Å². The zero-order valence-electron chi connectivity index (χ0n) is 6.04. The van der Waals surface area contributed by atoms with E-state index in [1.165, 1.54) is 13.0 Å². The highest BCUT2D eigenvalue weighted by Gasteiger charge is 2.20. The normalized spacial score (nSPS) is 17.1. The van der Waals surface area contributed by atoms with E-state index in [0.717, 1.165) is 0 Å². The number of halogens is 1. The van der Waals surface area contributed by atoms with Crippen molar-refractivity contribution in [2.24, 2.45) is 5.92 Å². The topological polar surface area (TPSA) is 37.3 Å². The Kier molecular flexibility index (Phi) is 3.69. The molecule has 0 aliphatic heterocycles. The van der Waals surface area contributed by atoms with Crippen LogP contribution >= 0.6 is 0 Å². The summed E-state index contributed by atoms with van der Waals surface area (Å²) in [6, 6.07) is 0. The van der Waals surface area contributed by atoms with Gasteiger partial charge in [-0.25, -0.2) is 9.18 Å². The van der Waals surface area contributed by atoms with Crippen LogP contribution in [0.5, 0.6) is 0 Å². The van der Waals surface area contributed by atoms with Crippen LogP contribution in [0.25, 0.3) is 0 Å². The predicted molar refractivity (Wildman–Crippen MR) is 36.5 cm³/mol. The number of carboxylic acid groups (broad SMARTS) is 1. The monoisotopic (exact) mass is 146 g/mol. The molecule has 0 aromatic carbocycles. The van der Waals surface area contributed by atoms with E-state index < -0.39 is 18.1 Å². The molecule has 0 spiro atoms. The van der Waals surface area contributed by atoms with Gasteiger partial charge in [-0.3, -0.25) is 0 Å². The lowest BCUT2D eigenvalue weighted by Crippen LogP contribution is -2.21. The molecule has 0 aromatic heterocycles. The fourth-order valence-electron chi connectivity index (χ4n) is 0.626. The molecular formula is C7H11FO2. The van der Waals surface area contributed by atoms with Crippen LogP contribution in [0.15, 0.2) is 12.2 Å². The van der Waals surface area contributed by atoms with Crippen LogP contribution in [0.3, 0.4) is 0 Å². The minimum Gasteiger partial charge on any atom is -0.479 e. The lowest BCUT2D eigenvalue weighted by molar-refractivity contribution is -0.143. The molecule has 0 amide bonds. The molecule has 0 saturated carbocycles. The maximum Gasteiger partial charge on any atom is 0.338 e. The molecule has 0 bridgehead atoms.